The highest BCUT2D eigenvalue weighted by Gasteiger charge is 2.44. The van der Waals surface area contributed by atoms with Crippen molar-refractivity contribution in [1.82, 2.24) is 19.7 Å². The number of hydrogen-bond donors (Lipinski definition) is 0. The normalized spacial score (nSPS) is 26.1. The van der Waals surface area contributed by atoms with Crippen molar-refractivity contribution in [2.75, 3.05) is 39.8 Å². The number of likely N-dealkylation sites (N-methyl/N-ethyl adjacent to an activating group) is 1. The lowest BCUT2D eigenvalue weighted by atomic mass is 9.72. The van der Waals surface area contributed by atoms with E-state index in [2.05, 4.69) is 21.8 Å². The summed E-state index contributed by atoms with van der Waals surface area (Å²) in [5.74, 6) is 0.523. The molecule has 0 N–H and O–H groups in total. The number of carbonyl (C=O) groups excluding carboxylic acids is 2. The predicted molar refractivity (Wildman–Crippen MR) is 106 cm³/mol. The van der Waals surface area contributed by atoms with Crippen LogP contribution in [-0.4, -0.2) is 77.3 Å². The molecule has 4 heterocycles. The maximum absolute atomic E-state index is 12.6. The second kappa shape index (κ2) is 7.51. The van der Waals surface area contributed by atoms with Gasteiger partial charge in [0, 0.05) is 44.0 Å². The van der Waals surface area contributed by atoms with Gasteiger partial charge in [-0.2, -0.15) is 0 Å². The number of aromatic nitrogens is 1. The zero-order valence-electron chi connectivity index (χ0n) is 16.4. The molecule has 2 amide bonds. The second-order valence-corrected chi connectivity index (χ2v) is 9.70. The van der Waals surface area contributed by atoms with Crippen LogP contribution in [0.2, 0.25) is 0 Å². The molecule has 1 atom stereocenters. The van der Waals surface area contributed by atoms with Crippen LogP contribution < -0.4 is 0 Å². The van der Waals surface area contributed by atoms with Gasteiger partial charge >= 0.3 is 0 Å². The standard InChI is InChI=1S/C20H30N4O2S/c1-15-21-16(13-27-15)11-19(26)23-9-6-20(7-10-23)5-3-18(25)24(14-20)17-4-8-22(2)12-17/h13,17H,3-12,14H2,1-2H3/t17-/m0/s1. The summed E-state index contributed by atoms with van der Waals surface area (Å²) in [6, 6.07) is 0.382. The minimum absolute atomic E-state index is 0.191. The summed E-state index contributed by atoms with van der Waals surface area (Å²) in [7, 11) is 2.14. The zero-order valence-corrected chi connectivity index (χ0v) is 17.3. The first-order valence-corrected chi connectivity index (χ1v) is 11.0. The Kier molecular flexibility index (Phi) is 5.25. The number of carbonyl (C=O) groups is 2. The zero-order chi connectivity index (χ0) is 19.0. The lowest BCUT2D eigenvalue weighted by Gasteiger charge is -2.49. The minimum Gasteiger partial charge on any atom is -0.342 e. The number of piperidine rings is 2. The van der Waals surface area contributed by atoms with Crippen LogP contribution in [0.4, 0.5) is 0 Å². The number of amides is 2. The Morgan fingerprint density at radius 3 is 2.70 bits per heavy atom. The summed E-state index contributed by atoms with van der Waals surface area (Å²) in [6.45, 7) is 6.57. The predicted octanol–water partition coefficient (Wildman–Crippen LogP) is 1.93. The highest BCUT2D eigenvalue weighted by Crippen LogP contribution is 2.41. The van der Waals surface area contributed by atoms with Crippen molar-refractivity contribution in [2.45, 2.75) is 51.5 Å². The van der Waals surface area contributed by atoms with Crippen LogP contribution in [0.5, 0.6) is 0 Å². The average molecular weight is 391 g/mol. The molecule has 0 aliphatic carbocycles. The molecule has 1 aromatic rings. The number of aryl methyl sites for hydroxylation is 1. The van der Waals surface area contributed by atoms with Gasteiger partial charge in [-0.15, -0.1) is 11.3 Å². The fourth-order valence-corrected chi connectivity index (χ4v) is 5.55. The number of rotatable bonds is 3. The highest BCUT2D eigenvalue weighted by molar-refractivity contribution is 7.09. The van der Waals surface area contributed by atoms with Crippen LogP contribution in [0.1, 0.15) is 42.8 Å². The molecule has 3 aliphatic rings. The van der Waals surface area contributed by atoms with E-state index in [9.17, 15) is 9.59 Å². The molecule has 148 valence electrons. The van der Waals surface area contributed by atoms with Crippen molar-refractivity contribution in [3.05, 3.63) is 16.1 Å². The third kappa shape index (κ3) is 4.04. The van der Waals surface area contributed by atoms with E-state index in [0.29, 0.717) is 24.8 Å². The van der Waals surface area contributed by atoms with Crippen LogP contribution in [0, 0.1) is 12.3 Å². The van der Waals surface area contributed by atoms with E-state index in [1.165, 1.54) is 0 Å². The molecule has 3 fully saturated rings. The van der Waals surface area contributed by atoms with Crippen molar-refractivity contribution in [1.29, 1.82) is 0 Å². The minimum atomic E-state index is 0.191. The van der Waals surface area contributed by atoms with E-state index in [1.54, 1.807) is 11.3 Å². The second-order valence-electron chi connectivity index (χ2n) is 8.64. The van der Waals surface area contributed by atoms with E-state index >= 15 is 0 Å². The molecule has 1 aromatic heterocycles. The third-order valence-electron chi connectivity index (χ3n) is 6.68. The van der Waals surface area contributed by atoms with Crippen LogP contribution in [0.25, 0.3) is 0 Å². The molecule has 0 bridgehead atoms. The Morgan fingerprint density at radius 1 is 1.30 bits per heavy atom. The summed E-state index contributed by atoms with van der Waals surface area (Å²) < 4.78 is 0. The summed E-state index contributed by atoms with van der Waals surface area (Å²) >= 11 is 1.60. The molecule has 3 saturated heterocycles. The Morgan fingerprint density at radius 2 is 2.07 bits per heavy atom. The Bertz CT molecular complexity index is 711. The summed E-state index contributed by atoms with van der Waals surface area (Å²) in [4.78, 5) is 36.1. The number of likely N-dealkylation sites (tertiary alicyclic amines) is 3. The Hall–Kier alpha value is -1.47. The quantitative estimate of drug-likeness (QED) is 0.791. The van der Waals surface area contributed by atoms with E-state index in [1.807, 2.05) is 17.2 Å². The van der Waals surface area contributed by atoms with Gasteiger partial charge in [0.15, 0.2) is 0 Å². The van der Waals surface area contributed by atoms with E-state index in [4.69, 9.17) is 0 Å². The maximum atomic E-state index is 12.6. The fourth-order valence-electron chi connectivity index (χ4n) is 4.94. The number of hydrogen-bond acceptors (Lipinski definition) is 5. The van der Waals surface area contributed by atoms with Gasteiger partial charge in [0.25, 0.3) is 0 Å². The molecule has 0 radical (unpaired) electrons. The van der Waals surface area contributed by atoms with Gasteiger partial charge in [-0.25, -0.2) is 4.98 Å². The van der Waals surface area contributed by atoms with Gasteiger partial charge in [0.05, 0.1) is 17.1 Å². The molecule has 7 heteroatoms. The molecule has 1 spiro atoms. The first kappa shape index (κ1) is 18.9. The molecular weight excluding hydrogens is 360 g/mol. The Balaban J connectivity index is 1.34. The lowest BCUT2D eigenvalue weighted by Crippen LogP contribution is -2.55. The molecule has 27 heavy (non-hydrogen) atoms. The first-order chi connectivity index (χ1) is 12.9. The molecule has 3 aliphatic heterocycles. The molecule has 4 rings (SSSR count). The summed E-state index contributed by atoms with van der Waals surface area (Å²) in [6.07, 6.45) is 5.19. The van der Waals surface area contributed by atoms with Gasteiger partial charge < -0.3 is 14.7 Å². The molecule has 0 saturated carbocycles. The number of nitrogens with zero attached hydrogens (tertiary/aromatic N) is 4. The van der Waals surface area contributed by atoms with E-state index in [0.717, 1.165) is 69.1 Å². The van der Waals surface area contributed by atoms with Crippen molar-refractivity contribution in [2.24, 2.45) is 5.41 Å². The molecule has 6 nitrogen and oxygen atoms in total. The van der Waals surface area contributed by atoms with Gasteiger partial charge in [-0.05, 0) is 51.6 Å². The molecule has 0 unspecified atom stereocenters. The SMILES string of the molecule is Cc1nc(CC(=O)N2CCC3(CCC(=O)N([C@H]4CCN(C)C4)C3)CC2)cs1. The lowest BCUT2D eigenvalue weighted by molar-refractivity contribution is -0.144. The van der Waals surface area contributed by atoms with Crippen molar-refractivity contribution in [3.8, 4) is 0 Å². The van der Waals surface area contributed by atoms with Crippen molar-refractivity contribution < 1.29 is 9.59 Å². The van der Waals surface area contributed by atoms with E-state index in [-0.39, 0.29) is 11.3 Å². The van der Waals surface area contributed by atoms with Crippen LogP contribution in [0.15, 0.2) is 5.38 Å². The van der Waals surface area contributed by atoms with Crippen molar-refractivity contribution in [3.63, 3.8) is 0 Å². The van der Waals surface area contributed by atoms with Gasteiger partial charge in [0.2, 0.25) is 11.8 Å². The van der Waals surface area contributed by atoms with Crippen LogP contribution in [-0.2, 0) is 16.0 Å². The van der Waals surface area contributed by atoms with Crippen LogP contribution >= 0.6 is 11.3 Å². The highest BCUT2D eigenvalue weighted by atomic mass is 32.1. The molecular formula is C20H30N4O2S. The topological polar surface area (TPSA) is 56.8 Å². The van der Waals surface area contributed by atoms with Gasteiger partial charge in [0.1, 0.15) is 0 Å². The monoisotopic (exact) mass is 390 g/mol. The summed E-state index contributed by atoms with van der Waals surface area (Å²) in [5.41, 5.74) is 1.10. The fraction of sp³-hybridized carbons (Fsp3) is 0.750. The largest absolute Gasteiger partial charge is 0.342 e. The maximum Gasteiger partial charge on any atom is 0.228 e. The summed E-state index contributed by atoms with van der Waals surface area (Å²) in [5, 5.41) is 3.00. The van der Waals surface area contributed by atoms with Crippen molar-refractivity contribution >= 4 is 23.2 Å². The average Bonchev–Trinajstić information content (AvgIpc) is 3.26. The van der Waals surface area contributed by atoms with Gasteiger partial charge in [-0.3, -0.25) is 9.59 Å². The Labute approximate surface area is 165 Å². The van der Waals surface area contributed by atoms with Crippen LogP contribution in [0.3, 0.4) is 0 Å². The number of thiazole rings is 1. The first-order valence-electron chi connectivity index (χ1n) is 10.1. The van der Waals surface area contributed by atoms with Gasteiger partial charge in [-0.1, -0.05) is 0 Å². The van der Waals surface area contributed by atoms with E-state index < -0.39 is 0 Å². The molecule has 0 aromatic carbocycles. The third-order valence-corrected chi connectivity index (χ3v) is 7.50. The smallest absolute Gasteiger partial charge is 0.228 e.